The van der Waals surface area contributed by atoms with Crippen LogP contribution in [0.3, 0.4) is 0 Å². The molecule has 32 heavy (non-hydrogen) atoms. The lowest BCUT2D eigenvalue weighted by molar-refractivity contribution is -0.137. The standard InChI is InChI=1S/C25H28N2O5/c1-2-32-24(30)13-10-19(16-18-14-15-26-25(18)31)27-23(29)12-11-22(28)21-9-5-7-17-6-3-4-8-20(17)21/h3-10,13,18-19H,2,11-12,14-16H2,1H3,(H,26,31)(H,27,29)/t18-,19+/m0/s1. The second kappa shape index (κ2) is 11.2. The van der Waals surface area contributed by atoms with E-state index >= 15 is 0 Å². The fourth-order valence-electron chi connectivity index (χ4n) is 3.86. The van der Waals surface area contributed by atoms with Crippen molar-refractivity contribution < 1.29 is 23.9 Å². The smallest absolute Gasteiger partial charge is 0.330 e. The van der Waals surface area contributed by atoms with Gasteiger partial charge in [-0.15, -0.1) is 0 Å². The summed E-state index contributed by atoms with van der Waals surface area (Å²) in [6.45, 7) is 2.56. The summed E-state index contributed by atoms with van der Waals surface area (Å²) in [5.74, 6) is -1.21. The van der Waals surface area contributed by atoms with Crippen molar-refractivity contribution in [2.24, 2.45) is 5.92 Å². The summed E-state index contributed by atoms with van der Waals surface area (Å²) in [6.07, 6.45) is 3.96. The van der Waals surface area contributed by atoms with E-state index in [4.69, 9.17) is 4.74 Å². The fourth-order valence-corrected chi connectivity index (χ4v) is 3.86. The quantitative estimate of drug-likeness (QED) is 0.339. The maximum atomic E-state index is 12.7. The molecule has 2 N–H and O–H groups in total. The highest BCUT2D eigenvalue weighted by atomic mass is 16.5. The first kappa shape index (κ1) is 23.2. The summed E-state index contributed by atoms with van der Waals surface area (Å²) in [5, 5.41) is 7.45. The van der Waals surface area contributed by atoms with Crippen molar-refractivity contribution in [2.45, 2.75) is 38.6 Å². The minimum atomic E-state index is -0.506. The molecule has 168 valence electrons. The van der Waals surface area contributed by atoms with Crippen molar-refractivity contribution in [3.05, 3.63) is 60.2 Å². The number of carbonyl (C=O) groups is 4. The Morgan fingerprint density at radius 1 is 1.16 bits per heavy atom. The summed E-state index contributed by atoms with van der Waals surface area (Å²) < 4.78 is 4.89. The molecule has 7 nitrogen and oxygen atoms in total. The van der Waals surface area contributed by atoms with Gasteiger partial charge in [-0.05, 0) is 30.5 Å². The van der Waals surface area contributed by atoms with E-state index in [1.165, 1.54) is 6.08 Å². The van der Waals surface area contributed by atoms with Crippen LogP contribution in [0.25, 0.3) is 10.8 Å². The van der Waals surface area contributed by atoms with Crippen LogP contribution in [0.2, 0.25) is 0 Å². The molecule has 0 spiro atoms. The number of rotatable bonds is 10. The van der Waals surface area contributed by atoms with E-state index in [-0.39, 0.29) is 43.0 Å². The zero-order valence-electron chi connectivity index (χ0n) is 18.1. The minimum absolute atomic E-state index is 0.0165. The molecular formula is C25H28N2O5. The SMILES string of the molecule is CCOC(=O)C=C[C@H](C[C@@H]1CCNC1=O)NC(=O)CCC(=O)c1cccc2ccccc12. The average Bonchev–Trinajstić information content (AvgIpc) is 3.20. The van der Waals surface area contributed by atoms with Crippen molar-refractivity contribution in [2.75, 3.05) is 13.2 Å². The van der Waals surface area contributed by atoms with Crippen LogP contribution in [0, 0.1) is 5.92 Å². The molecule has 2 amide bonds. The summed E-state index contributed by atoms with van der Waals surface area (Å²) in [7, 11) is 0. The van der Waals surface area contributed by atoms with E-state index in [0.29, 0.717) is 24.9 Å². The van der Waals surface area contributed by atoms with Gasteiger partial charge in [0.15, 0.2) is 5.78 Å². The molecule has 1 aliphatic heterocycles. The van der Waals surface area contributed by atoms with Crippen LogP contribution < -0.4 is 10.6 Å². The highest BCUT2D eigenvalue weighted by Gasteiger charge is 2.27. The second-order valence-corrected chi connectivity index (χ2v) is 7.75. The number of hydrogen-bond donors (Lipinski definition) is 2. The molecule has 1 saturated heterocycles. The van der Waals surface area contributed by atoms with Crippen LogP contribution in [0.5, 0.6) is 0 Å². The molecule has 0 unspecified atom stereocenters. The van der Waals surface area contributed by atoms with Crippen LogP contribution in [-0.4, -0.2) is 42.8 Å². The highest BCUT2D eigenvalue weighted by Crippen LogP contribution is 2.21. The number of fused-ring (bicyclic) bond motifs is 1. The van der Waals surface area contributed by atoms with Crippen LogP contribution in [0.15, 0.2) is 54.6 Å². The zero-order valence-corrected chi connectivity index (χ0v) is 18.1. The van der Waals surface area contributed by atoms with Gasteiger partial charge in [0.2, 0.25) is 11.8 Å². The first-order valence-electron chi connectivity index (χ1n) is 10.9. The van der Waals surface area contributed by atoms with E-state index in [1.54, 1.807) is 19.1 Å². The van der Waals surface area contributed by atoms with Gasteiger partial charge in [0.1, 0.15) is 0 Å². The van der Waals surface area contributed by atoms with Gasteiger partial charge in [0.05, 0.1) is 6.61 Å². The van der Waals surface area contributed by atoms with Crippen molar-refractivity contribution in [3.8, 4) is 0 Å². The molecule has 7 heteroatoms. The van der Waals surface area contributed by atoms with E-state index in [2.05, 4.69) is 10.6 Å². The number of amides is 2. The molecule has 2 atom stereocenters. The Morgan fingerprint density at radius 3 is 2.69 bits per heavy atom. The van der Waals surface area contributed by atoms with Gasteiger partial charge >= 0.3 is 5.97 Å². The molecule has 1 fully saturated rings. The second-order valence-electron chi connectivity index (χ2n) is 7.75. The third-order valence-corrected chi connectivity index (χ3v) is 5.47. The Labute approximate surface area is 187 Å². The van der Waals surface area contributed by atoms with E-state index in [1.807, 2.05) is 36.4 Å². The van der Waals surface area contributed by atoms with Crippen LogP contribution in [0.1, 0.15) is 43.0 Å². The number of nitrogens with one attached hydrogen (secondary N) is 2. The third-order valence-electron chi connectivity index (χ3n) is 5.47. The van der Waals surface area contributed by atoms with Gasteiger partial charge in [-0.1, -0.05) is 48.5 Å². The zero-order chi connectivity index (χ0) is 22.9. The Morgan fingerprint density at radius 2 is 1.94 bits per heavy atom. The van der Waals surface area contributed by atoms with Gasteiger partial charge in [0.25, 0.3) is 0 Å². The topological polar surface area (TPSA) is 102 Å². The van der Waals surface area contributed by atoms with E-state index in [0.717, 1.165) is 10.8 Å². The van der Waals surface area contributed by atoms with Crippen molar-refractivity contribution in [3.63, 3.8) is 0 Å². The summed E-state index contributed by atoms with van der Waals surface area (Å²) in [4.78, 5) is 48.9. The largest absolute Gasteiger partial charge is 0.463 e. The highest BCUT2D eigenvalue weighted by molar-refractivity contribution is 6.08. The number of ether oxygens (including phenoxy) is 1. The number of benzene rings is 2. The molecule has 1 aliphatic rings. The molecular weight excluding hydrogens is 408 g/mol. The summed E-state index contributed by atoms with van der Waals surface area (Å²) >= 11 is 0. The fraction of sp³-hybridized carbons (Fsp3) is 0.360. The maximum absolute atomic E-state index is 12.7. The Kier molecular flexibility index (Phi) is 8.14. The maximum Gasteiger partial charge on any atom is 0.330 e. The van der Waals surface area contributed by atoms with Gasteiger partial charge in [0, 0.05) is 43.0 Å². The number of hydrogen-bond acceptors (Lipinski definition) is 5. The summed E-state index contributed by atoms with van der Waals surface area (Å²) in [5.41, 5.74) is 0.595. The van der Waals surface area contributed by atoms with Crippen LogP contribution in [0.4, 0.5) is 0 Å². The molecule has 3 rings (SSSR count). The van der Waals surface area contributed by atoms with Gasteiger partial charge in [-0.25, -0.2) is 4.79 Å². The lowest BCUT2D eigenvalue weighted by atomic mass is 9.97. The van der Waals surface area contributed by atoms with Crippen molar-refractivity contribution in [1.29, 1.82) is 0 Å². The minimum Gasteiger partial charge on any atom is -0.463 e. The third kappa shape index (κ3) is 6.26. The van der Waals surface area contributed by atoms with Gasteiger partial charge < -0.3 is 15.4 Å². The number of carbonyl (C=O) groups excluding carboxylic acids is 4. The monoisotopic (exact) mass is 436 g/mol. The normalized spacial score (nSPS) is 16.7. The van der Waals surface area contributed by atoms with Gasteiger partial charge in [-0.3, -0.25) is 14.4 Å². The van der Waals surface area contributed by atoms with Crippen molar-refractivity contribution in [1.82, 2.24) is 10.6 Å². The lowest BCUT2D eigenvalue weighted by Crippen LogP contribution is -2.36. The van der Waals surface area contributed by atoms with Crippen LogP contribution >= 0.6 is 0 Å². The van der Waals surface area contributed by atoms with E-state index in [9.17, 15) is 19.2 Å². The molecule has 0 saturated carbocycles. The average molecular weight is 437 g/mol. The van der Waals surface area contributed by atoms with Gasteiger partial charge in [-0.2, -0.15) is 0 Å². The number of Topliss-reactive ketones (excluding diaryl/α,β-unsaturated/α-hetero) is 1. The molecule has 2 aromatic carbocycles. The molecule has 0 radical (unpaired) electrons. The van der Waals surface area contributed by atoms with Crippen molar-refractivity contribution >= 4 is 34.3 Å². The predicted octanol–water partition coefficient (Wildman–Crippen LogP) is 2.93. The Balaban J connectivity index is 1.61. The first-order chi connectivity index (χ1) is 15.5. The Hall–Kier alpha value is -3.48. The summed E-state index contributed by atoms with van der Waals surface area (Å²) in [6, 6.07) is 12.7. The predicted molar refractivity (Wildman–Crippen MR) is 121 cm³/mol. The molecule has 2 aromatic rings. The Bertz CT molecular complexity index is 1020. The molecule has 0 aliphatic carbocycles. The molecule has 1 heterocycles. The number of ketones is 1. The molecule has 0 aromatic heterocycles. The number of esters is 1. The van der Waals surface area contributed by atoms with Crippen LogP contribution in [-0.2, 0) is 19.1 Å². The first-order valence-corrected chi connectivity index (χ1v) is 10.9. The lowest BCUT2D eigenvalue weighted by Gasteiger charge is -2.18. The van der Waals surface area contributed by atoms with E-state index < -0.39 is 12.0 Å². The molecule has 0 bridgehead atoms.